The molecule has 0 aliphatic carbocycles. The van der Waals surface area contributed by atoms with Crippen LogP contribution in [0.3, 0.4) is 0 Å². The van der Waals surface area contributed by atoms with Crippen LogP contribution in [0.15, 0.2) is 24.4 Å². The predicted molar refractivity (Wildman–Crippen MR) is 114 cm³/mol. The maximum Gasteiger partial charge on any atom is 0.320 e. The van der Waals surface area contributed by atoms with Crippen molar-refractivity contribution in [3.63, 3.8) is 0 Å². The molecule has 0 unspecified atom stereocenters. The van der Waals surface area contributed by atoms with Gasteiger partial charge in [0.2, 0.25) is 5.69 Å². The molecule has 0 atom stereocenters. The molecule has 9 nitrogen and oxygen atoms in total. The first-order chi connectivity index (χ1) is 14.3. The summed E-state index contributed by atoms with van der Waals surface area (Å²) in [6.07, 6.45) is 1.20. The monoisotopic (exact) mass is 467 g/mol. The SMILES string of the molecule is Cn1cc([N+](=O)[O-])c(C(=O)N2CCN(C(=O)c3sc4cc(Cl)ccc4c3Cl)CC2)n1. The predicted octanol–water partition coefficient (Wildman–Crippen LogP) is 3.45. The molecule has 3 aromatic rings. The lowest BCUT2D eigenvalue weighted by Crippen LogP contribution is -2.50. The fourth-order valence-corrected chi connectivity index (χ4v) is 5.10. The first kappa shape index (κ1) is 20.6. The molecule has 1 aliphatic heterocycles. The van der Waals surface area contributed by atoms with Crippen molar-refractivity contribution in [2.45, 2.75) is 0 Å². The highest BCUT2D eigenvalue weighted by Crippen LogP contribution is 2.37. The van der Waals surface area contributed by atoms with Crippen LogP contribution in [0.1, 0.15) is 20.2 Å². The van der Waals surface area contributed by atoms with E-state index < -0.39 is 10.8 Å². The zero-order valence-electron chi connectivity index (χ0n) is 15.7. The van der Waals surface area contributed by atoms with Gasteiger partial charge in [0.25, 0.3) is 11.8 Å². The Morgan fingerprint density at radius 2 is 1.77 bits per heavy atom. The van der Waals surface area contributed by atoms with Crippen LogP contribution in [-0.4, -0.2) is 62.5 Å². The summed E-state index contributed by atoms with van der Waals surface area (Å²) in [6, 6.07) is 5.27. The molecule has 2 aromatic heterocycles. The van der Waals surface area contributed by atoms with E-state index in [0.717, 1.165) is 10.1 Å². The minimum absolute atomic E-state index is 0.202. The van der Waals surface area contributed by atoms with Gasteiger partial charge in [-0.05, 0) is 12.1 Å². The van der Waals surface area contributed by atoms with Gasteiger partial charge in [0.15, 0.2) is 0 Å². The summed E-state index contributed by atoms with van der Waals surface area (Å²) in [6.45, 7) is 1.06. The number of amides is 2. The lowest BCUT2D eigenvalue weighted by molar-refractivity contribution is -0.385. The highest BCUT2D eigenvalue weighted by molar-refractivity contribution is 7.21. The maximum absolute atomic E-state index is 13.0. The summed E-state index contributed by atoms with van der Waals surface area (Å²) in [5.41, 5.74) is -0.538. The molecule has 4 rings (SSSR count). The normalized spacial score (nSPS) is 14.4. The summed E-state index contributed by atoms with van der Waals surface area (Å²) in [5, 5.41) is 16.8. The van der Waals surface area contributed by atoms with Gasteiger partial charge in [-0.3, -0.25) is 24.4 Å². The third-order valence-corrected chi connectivity index (χ3v) is 6.73. The van der Waals surface area contributed by atoms with Gasteiger partial charge >= 0.3 is 5.69 Å². The summed E-state index contributed by atoms with van der Waals surface area (Å²) in [7, 11) is 1.52. The molecule has 2 amide bonds. The van der Waals surface area contributed by atoms with Crippen molar-refractivity contribution in [1.29, 1.82) is 0 Å². The lowest BCUT2D eigenvalue weighted by atomic mass is 10.2. The Labute approximate surface area is 184 Å². The second-order valence-electron chi connectivity index (χ2n) is 6.76. The Morgan fingerprint density at radius 1 is 1.13 bits per heavy atom. The van der Waals surface area contributed by atoms with Crippen LogP contribution in [-0.2, 0) is 7.05 Å². The molecule has 0 bridgehead atoms. The molecule has 0 spiro atoms. The van der Waals surface area contributed by atoms with E-state index in [2.05, 4.69) is 5.10 Å². The molecule has 1 saturated heterocycles. The number of carbonyl (C=O) groups is 2. The zero-order chi connectivity index (χ0) is 21.6. The number of halogens is 2. The van der Waals surface area contributed by atoms with Crippen LogP contribution < -0.4 is 0 Å². The maximum atomic E-state index is 13.0. The second-order valence-corrected chi connectivity index (χ2v) is 8.63. The Hall–Kier alpha value is -2.69. The van der Waals surface area contributed by atoms with Crippen LogP contribution in [0.4, 0.5) is 5.69 Å². The molecule has 1 aromatic carbocycles. The van der Waals surface area contributed by atoms with E-state index in [9.17, 15) is 19.7 Å². The Balaban J connectivity index is 1.48. The number of carbonyl (C=O) groups excluding carboxylic acids is 2. The third-order valence-electron chi connectivity index (χ3n) is 4.85. The van der Waals surface area contributed by atoms with Gasteiger partial charge in [-0.15, -0.1) is 11.3 Å². The number of nitrogens with zero attached hydrogens (tertiary/aromatic N) is 5. The van der Waals surface area contributed by atoms with E-state index in [1.807, 2.05) is 0 Å². The van der Waals surface area contributed by atoms with Crippen molar-refractivity contribution in [3.8, 4) is 0 Å². The van der Waals surface area contributed by atoms with Crippen LogP contribution in [0.25, 0.3) is 10.1 Å². The number of benzene rings is 1. The number of rotatable bonds is 3. The van der Waals surface area contributed by atoms with E-state index in [4.69, 9.17) is 23.2 Å². The van der Waals surface area contributed by atoms with E-state index in [1.54, 1.807) is 23.1 Å². The molecule has 1 fully saturated rings. The van der Waals surface area contributed by atoms with Gasteiger partial charge in [0.1, 0.15) is 11.1 Å². The third kappa shape index (κ3) is 3.62. The zero-order valence-corrected chi connectivity index (χ0v) is 18.0. The van der Waals surface area contributed by atoms with Crippen LogP contribution in [0, 0.1) is 10.1 Å². The Bertz CT molecular complexity index is 1180. The van der Waals surface area contributed by atoms with Crippen LogP contribution >= 0.6 is 34.5 Å². The number of hydrogen-bond donors (Lipinski definition) is 0. The Kier molecular flexibility index (Phi) is 5.39. The van der Waals surface area contributed by atoms with E-state index in [0.29, 0.717) is 14.9 Å². The highest BCUT2D eigenvalue weighted by Gasteiger charge is 2.32. The highest BCUT2D eigenvalue weighted by atomic mass is 35.5. The molecule has 156 valence electrons. The number of aromatic nitrogens is 2. The summed E-state index contributed by atoms with van der Waals surface area (Å²) >= 11 is 13.7. The lowest BCUT2D eigenvalue weighted by Gasteiger charge is -2.34. The first-order valence-electron chi connectivity index (χ1n) is 8.90. The average molecular weight is 468 g/mol. The number of hydrogen-bond acceptors (Lipinski definition) is 6. The van der Waals surface area contributed by atoms with E-state index >= 15 is 0 Å². The number of fused-ring (bicyclic) bond motifs is 1. The largest absolute Gasteiger partial charge is 0.334 e. The van der Waals surface area contributed by atoms with Crippen molar-refractivity contribution >= 4 is 62.1 Å². The summed E-state index contributed by atoms with van der Waals surface area (Å²) in [5.74, 6) is -0.739. The first-order valence-corrected chi connectivity index (χ1v) is 10.5. The van der Waals surface area contributed by atoms with Crippen molar-refractivity contribution in [1.82, 2.24) is 19.6 Å². The number of thiophene rings is 1. The summed E-state index contributed by atoms with van der Waals surface area (Å²) in [4.78, 5) is 39.7. The average Bonchev–Trinajstić information content (AvgIpc) is 3.27. The number of aryl methyl sites for hydroxylation is 1. The van der Waals surface area contributed by atoms with Gasteiger partial charge in [-0.1, -0.05) is 29.3 Å². The van der Waals surface area contributed by atoms with Gasteiger partial charge < -0.3 is 9.80 Å². The topological polar surface area (TPSA) is 102 Å². The molecule has 0 N–H and O–H groups in total. The van der Waals surface area contributed by atoms with Gasteiger partial charge in [-0.2, -0.15) is 5.10 Å². The summed E-state index contributed by atoms with van der Waals surface area (Å²) < 4.78 is 2.06. The Morgan fingerprint density at radius 3 is 2.40 bits per heavy atom. The molecule has 1 aliphatic rings. The van der Waals surface area contributed by atoms with Crippen molar-refractivity contribution in [3.05, 3.63) is 55.1 Å². The van der Waals surface area contributed by atoms with Gasteiger partial charge in [0, 0.05) is 48.3 Å². The smallest absolute Gasteiger partial charge is 0.320 e. The molecule has 12 heteroatoms. The minimum atomic E-state index is -0.629. The standard InChI is InChI=1S/C18H15Cl2N5O4S/c1-22-9-12(25(28)29)15(21-22)17(26)23-4-6-24(7-5-23)18(27)16-14(20)11-3-2-10(19)8-13(11)30-16/h2-3,8-9H,4-7H2,1H3. The van der Waals surface area contributed by atoms with Crippen molar-refractivity contribution in [2.24, 2.45) is 7.05 Å². The number of piperazine rings is 1. The quantitative estimate of drug-likeness (QED) is 0.433. The molecule has 3 heterocycles. The molecular formula is C18H15Cl2N5O4S. The fourth-order valence-electron chi connectivity index (χ4n) is 3.34. The van der Waals surface area contributed by atoms with Gasteiger partial charge in [-0.25, -0.2) is 0 Å². The number of nitro groups is 1. The van der Waals surface area contributed by atoms with Gasteiger partial charge in [0.05, 0.1) is 9.95 Å². The van der Waals surface area contributed by atoms with Crippen LogP contribution in [0.2, 0.25) is 10.0 Å². The molecular weight excluding hydrogens is 453 g/mol. The molecule has 0 saturated carbocycles. The molecule has 0 radical (unpaired) electrons. The second kappa shape index (κ2) is 7.86. The molecule has 30 heavy (non-hydrogen) atoms. The fraction of sp³-hybridized carbons (Fsp3) is 0.278. The van der Waals surface area contributed by atoms with E-state index in [1.165, 1.54) is 34.2 Å². The van der Waals surface area contributed by atoms with Crippen molar-refractivity contribution < 1.29 is 14.5 Å². The van der Waals surface area contributed by atoms with Crippen molar-refractivity contribution in [2.75, 3.05) is 26.2 Å². The minimum Gasteiger partial charge on any atom is -0.334 e. The van der Waals surface area contributed by atoms with Crippen LogP contribution in [0.5, 0.6) is 0 Å². The van der Waals surface area contributed by atoms with E-state index in [-0.39, 0.29) is 43.5 Å².